The van der Waals surface area contributed by atoms with Crippen molar-refractivity contribution < 1.29 is 14.3 Å². The van der Waals surface area contributed by atoms with E-state index < -0.39 is 0 Å². The van der Waals surface area contributed by atoms with E-state index in [1.807, 2.05) is 12.1 Å². The second-order valence-corrected chi connectivity index (χ2v) is 6.30. The number of methoxy groups -OCH3 is 1. The molecule has 2 N–H and O–H groups in total. The lowest BCUT2D eigenvalue weighted by molar-refractivity contribution is -0.0778. The van der Waals surface area contributed by atoms with Gasteiger partial charge >= 0.3 is 6.03 Å². The molecule has 0 aromatic carbocycles. The zero-order valence-electron chi connectivity index (χ0n) is 14.9. The Morgan fingerprint density at radius 2 is 2.12 bits per heavy atom. The molecule has 1 aromatic rings. The number of aromatic nitrogens is 1. The fourth-order valence-electron chi connectivity index (χ4n) is 2.93. The Hall–Kier alpha value is -1.86. The van der Waals surface area contributed by atoms with Gasteiger partial charge in [-0.15, -0.1) is 0 Å². The molecular formula is C17H28N4O3. The summed E-state index contributed by atoms with van der Waals surface area (Å²) in [6.45, 7) is 9.03. The SMILES string of the molecule is COc1ncccc1CNC(=O)NC[C@H](C)N1C[C@@H](C)O[C@@H](C)C1. The normalized spacial score (nSPS) is 22.7. The summed E-state index contributed by atoms with van der Waals surface area (Å²) in [6, 6.07) is 3.77. The minimum atomic E-state index is -0.192. The van der Waals surface area contributed by atoms with E-state index in [9.17, 15) is 4.79 Å². The van der Waals surface area contributed by atoms with Gasteiger partial charge in [0.1, 0.15) is 0 Å². The van der Waals surface area contributed by atoms with E-state index in [-0.39, 0.29) is 24.3 Å². The average molecular weight is 336 g/mol. The molecule has 7 nitrogen and oxygen atoms in total. The summed E-state index contributed by atoms with van der Waals surface area (Å²) in [7, 11) is 1.57. The van der Waals surface area contributed by atoms with Crippen molar-refractivity contribution in [2.75, 3.05) is 26.7 Å². The van der Waals surface area contributed by atoms with Crippen molar-refractivity contribution in [1.82, 2.24) is 20.5 Å². The molecule has 1 saturated heterocycles. The van der Waals surface area contributed by atoms with Gasteiger partial charge in [-0.2, -0.15) is 0 Å². The maximum Gasteiger partial charge on any atom is 0.315 e. The van der Waals surface area contributed by atoms with E-state index in [0.717, 1.165) is 18.7 Å². The molecule has 2 amide bonds. The van der Waals surface area contributed by atoms with Crippen molar-refractivity contribution in [3.63, 3.8) is 0 Å². The third-order valence-electron chi connectivity index (χ3n) is 4.11. The van der Waals surface area contributed by atoms with Crippen LogP contribution in [0.25, 0.3) is 0 Å². The Balaban J connectivity index is 1.74. The molecule has 2 heterocycles. The number of carbonyl (C=O) groups is 1. The number of nitrogens with one attached hydrogen (secondary N) is 2. The van der Waals surface area contributed by atoms with Crippen LogP contribution in [0.2, 0.25) is 0 Å². The fourth-order valence-corrected chi connectivity index (χ4v) is 2.93. The van der Waals surface area contributed by atoms with E-state index in [1.165, 1.54) is 0 Å². The van der Waals surface area contributed by atoms with Crippen molar-refractivity contribution in [1.29, 1.82) is 0 Å². The second-order valence-electron chi connectivity index (χ2n) is 6.30. The molecule has 0 radical (unpaired) electrons. The summed E-state index contributed by atoms with van der Waals surface area (Å²) in [6.07, 6.45) is 2.11. The number of rotatable bonds is 6. The predicted octanol–water partition coefficient (Wildman–Crippen LogP) is 1.39. The van der Waals surface area contributed by atoms with Gasteiger partial charge in [-0.1, -0.05) is 6.07 Å². The first-order valence-electron chi connectivity index (χ1n) is 8.38. The lowest BCUT2D eigenvalue weighted by Gasteiger charge is -2.38. The Morgan fingerprint density at radius 3 is 2.79 bits per heavy atom. The summed E-state index contributed by atoms with van der Waals surface area (Å²) >= 11 is 0. The van der Waals surface area contributed by atoms with Crippen LogP contribution in [0.4, 0.5) is 4.79 Å². The number of morpholine rings is 1. The maximum atomic E-state index is 12.0. The van der Waals surface area contributed by atoms with Gasteiger partial charge in [-0.3, -0.25) is 4.90 Å². The van der Waals surface area contributed by atoms with Gasteiger partial charge in [0.25, 0.3) is 0 Å². The molecule has 0 bridgehead atoms. The van der Waals surface area contributed by atoms with Crippen molar-refractivity contribution in [2.24, 2.45) is 0 Å². The average Bonchev–Trinajstić information content (AvgIpc) is 2.57. The molecule has 3 atom stereocenters. The molecule has 0 saturated carbocycles. The summed E-state index contributed by atoms with van der Waals surface area (Å²) in [5.74, 6) is 0.530. The zero-order chi connectivity index (χ0) is 17.5. The van der Waals surface area contributed by atoms with E-state index >= 15 is 0 Å². The van der Waals surface area contributed by atoms with Crippen molar-refractivity contribution in [3.05, 3.63) is 23.9 Å². The lowest BCUT2D eigenvalue weighted by Crippen LogP contribution is -2.52. The van der Waals surface area contributed by atoms with Crippen LogP contribution in [-0.2, 0) is 11.3 Å². The Labute approximate surface area is 143 Å². The van der Waals surface area contributed by atoms with Crippen molar-refractivity contribution in [3.8, 4) is 5.88 Å². The molecule has 1 fully saturated rings. The van der Waals surface area contributed by atoms with Gasteiger partial charge in [0.2, 0.25) is 5.88 Å². The molecular weight excluding hydrogens is 308 g/mol. The van der Waals surface area contributed by atoms with Crippen LogP contribution < -0.4 is 15.4 Å². The topological polar surface area (TPSA) is 75.7 Å². The number of ether oxygens (including phenoxy) is 2. The molecule has 2 rings (SSSR count). The largest absolute Gasteiger partial charge is 0.481 e. The number of pyridine rings is 1. The standard InChI is InChI=1S/C17H28N4O3/c1-12(21-10-13(2)24-14(3)11-21)8-19-17(22)20-9-15-6-5-7-18-16(15)23-4/h5-7,12-14H,8-11H2,1-4H3,(H2,19,20,22)/t12-,13-,14+/m0/s1. The highest BCUT2D eigenvalue weighted by Crippen LogP contribution is 2.14. The first kappa shape index (κ1) is 18.5. The number of hydrogen-bond acceptors (Lipinski definition) is 5. The lowest BCUT2D eigenvalue weighted by atomic mass is 10.2. The first-order valence-corrected chi connectivity index (χ1v) is 8.38. The number of amides is 2. The minimum Gasteiger partial charge on any atom is -0.481 e. The van der Waals surface area contributed by atoms with Gasteiger partial charge in [0, 0.05) is 44.0 Å². The van der Waals surface area contributed by atoms with E-state index in [1.54, 1.807) is 13.3 Å². The minimum absolute atomic E-state index is 0.192. The van der Waals surface area contributed by atoms with Gasteiger partial charge in [-0.05, 0) is 26.8 Å². The number of nitrogens with zero attached hydrogens (tertiary/aromatic N) is 2. The third-order valence-corrected chi connectivity index (χ3v) is 4.11. The summed E-state index contributed by atoms with van der Waals surface area (Å²) in [5, 5.41) is 5.76. The first-order chi connectivity index (χ1) is 11.5. The summed E-state index contributed by atoms with van der Waals surface area (Å²) in [5.41, 5.74) is 0.846. The second kappa shape index (κ2) is 8.84. The van der Waals surface area contributed by atoms with Crippen LogP contribution in [0.3, 0.4) is 0 Å². The van der Waals surface area contributed by atoms with Gasteiger partial charge < -0.3 is 20.1 Å². The Morgan fingerprint density at radius 1 is 1.42 bits per heavy atom. The van der Waals surface area contributed by atoms with Crippen LogP contribution in [0.1, 0.15) is 26.3 Å². The van der Waals surface area contributed by atoms with Crippen LogP contribution in [-0.4, -0.2) is 60.9 Å². The maximum absolute atomic E-state index is 12.0. The Kier molecular flexibility index (Phi) is 6.81. The van der Waals surface area contributed by atoms with Crippen molar-refractivity contribution >= 4 is 6.03 Å². The molecule has 0 aliphatic carbocycles. The molecule has 134 valence electrons. The highest BCUT2D eigenvalue weighted by Gasteiger charge is 2.25. The Bertz CT molecular complexity index is 530. The highest BCUT2D eigenvalue weighted by molar-refractivity contribution is 5.73. The van der Waals surface area contributed by atoms with Gasteiger partial charge in [-0.25, -0.2) is 9.78 Å². The molecule has 1 aromatic heterocycles. The number of carbonyl (C=O) groups excluding carboxylic acids is 1. The molecule has 0 unspecified atom stereocenters. The third kappa shape index (κ3) is 5.35. The van der Waals surface area contributed by atoms with Crippen LogP contribution in [0, 0.1) is 0 Å². The monoisotopic (exact) mass is 336 g/mol. The molecule has 0 spiro atoms. The molecule has 1 aliphatic heterocycles. The summed E-state index contributed by atoms with van der Waals surface area (Å²) < 4.78 is 10.9. The molecule has 1 aliphatic rings. The fraction of sp³-hybridized carbons (Fsp3) is 0.647. The van der Waals surface area contributed by atoms with Gasteiger partial charge in [0.15, 0.2) is 0 Å². The molecule has 7 heteroatoms. The highest BCUT2D eigenvalue weighted by atomic mass is 16.5. The van der Waals surface area contributed by atoms with E-state index in [0.29, 0.717) is 19.0 Å². The van der Waals surface area contributed by atoms with Crippen LogP contribution in [0.15, 0.2) is 18.3 Å². The number of urea groups is 1. The van der Waals surface area contributed by atoms with Crippen molar-refractivity contribution in [2.45, 2.75) is 45.6 Å². The summed E-state index contributed by atoms with van der Waals surface area (Å²) in [4.78, 5) is 18.5. The zero-order valence-corrected chi connectivity index (χ0v) is 14.9. The van der Waals surface area contributed by atoms with Gasteiger partial charge in [0.05, 0.1) is 19.3 Å². The molecule has 24 heavy (non-hydrogen) atoms. The van der Waals surface area contributed by atoms with E-state index in [4.69, 9.17) is 9.47 Å². The van der Waals surface area contributed by atoms with Crippen LogP contribution >= 0.6 is 0 Å². The predicted molar refractivity (Wildman–Crippen MR) is 92.1 cm³/mol. The number of hydrogen-bond donors (Lipinski definition) is 2. The quantitative estimate of drug-likeness (QED) is 0.821. The van der Waals surface area contributed by atoms with E-state index in [2.05, 4.69) is 41.3 Å². The van der Waals surface area contributed by atoms with Crippen LogP contribution in [0.5, 0.6) is 5.88 Å². The smallest absolute Gasteiger partial charge is 0.315 e.